The van der Waals surface area contributed by atoms with Crippen LogP contribution in [0.4, 0.5) is 0 Å². The molecule has 4 aromatic rings. The van der Waals surface area contributed by atoms with E-state index < -0.39 is 26.9 Å². The van der Waals surface area contributed by atoms with Crippen molar-refractivity contribution in [3.05, 3.63) is 89.6 Å². The summed E-state index contributed by atoms with van der Waals surface area (Å²) in [5.74, 6) is 0.159. The molecule has 0 unspecified atom stereocenters. The Bertz CT molecular complexity index is 1750. The van der Waals surface area contributed by atoms with E-state index in [2.05, 4.69) is 0 Å². The van der Waals surface area contributed by atoms with Gasteiger partial charge in [0.2, 0.25) is 5.91 Å². The molecule has 214 valence electrons. The van der Waals surface area contributed by atoms with Crippen LogP contribution in [0, 0.1) is 12.8 Å². The number of ether oxygens (including phenoxy) is 1. The predicted octanol–water partition coefficient (Wildman–Crippen LogP) is 5.45. The van der Waals surface area contributed by atoms with Crippen molar-refractivity contribution < 1.29 is 22.2 Å². The number of halogens is 1. The smallest absolute Gasteiger partial charge is 0.268 e. The molecule has 1 aromatic heterocycles. The number of hydrogen-bond acceptors (Lipinski definition) is 5. The highest BCUT2D eigenvalue weighted by Gasteiger charge is 2.46. The number of hydrogen-bond donors (Lipinski definition) is 0. The Morgan fingerprint density at radius 3 is 2.46 bits per heavy atom. The number of alkyl halides is 1. The summed E-state index contributed by atoms with van der Waals surface area (Å²) in [5, 5.41) is 0.428. The first kappa shape index (κ1) is 28.0. The van der Waals surface area contributed by atoms with Crippen molar-refractivity contribution >= 4 is 49.2 Å². The summed E-state index contributed by atoms with van der Waals surface area (Å²) in [5.41, 5.74) is 3.04. The van der Waals surface area contributed by atoms with Crippen LogP contribution in [0.2, 0.25) is 0 Å². The normalized spacial score (nSPS) is 21.2. The zero-order chi connectivity index (χ0) is 28.9. The van der Waals surface area contributed by atoms with Gasteiger partial charge in [-0.1, -0.05) is 35.9 Å². The third-order valence-electron chi connectivity index (χ3n) is 8.25. The van der Waals surface area contributed by atoms with Crippen LogP contribution in [-0.2, 0) is 32.0 Å². The molecule has 0 spiro atoms. The topological polar surface area (TPSA) is 85.7 Å². The molecule has 4 atom stereocenters. The third-order valence-corrected chi connectivity index (χ3v) is 11.8. The molecular formula is C31H31ClN2O5S2. The molecule has 6 rings (SSSR count). The second-order valence-electron chi connectivity index (χ2n) is 10.7. The van der Waals surface area contributed by atoms with E-state index in [0.717, 1.165) is 29.4 Å². The minimum atomic E-state index is -4.00. The lowest BCUT2D eigenvalue weighted by Crippen LogP contribution is -2.49. The third kappa shape index (κ3) is 4.87. The second-order valence-corrected chi connectivity index (χ2v) is 14.5. The van der Waals surface area contributed by atoms with Crippen LogP contribution in [0.15, 0.2) is 82.6 Å². The molecule has 0 N–H and O–H groups in total. The van der Waals surface area contributed by atoms with Crippen molar-refractivity contribution in [2.24, 2.45) is 5.92 Å². The molecule has 1 aliphatic heterocycles. The molecule has 0 bridgehead atoms. The molecule has 2 aliphatic rings. The number of carbonyl (C=O) groups excluding carboxylic acids is 1. The summed E-state index contributed by atoms with van der Waals surface area (Å²) in [4.78, 5) is 16.3. The highest BCUT2D eigenvalue weighted by Crippen LogP contribution is 2.50. The summed E-state index contributed by atoms with van der Waals surface area (Å²) < 4.78 is 48.1. The summed E-state index contributed by atoms with van der Waals surface area (Å²) in [6.45, 7) is 2.46. The first-order valence-corrected chi connectivity index (χ1v) is 16.8. The average molecular weight is 611 g/mol. The Balaban J connectivity index is 1.45. The highest BCUT2D eigenvalue weighted by atomic mass is 35.5. The highest BCUT2D eigenvalue weighted by molar-refractivity contribution is 7.90. The van der Waals surface area contributed by atoms with Crippen LogP contribution in [0.1, 0.15) is 35.7 Å². The lowest BCUT2D eigenvalue weighted by atomic mass is 9.76. The number of aromatic nitrogens is 1. The molecule has 10 heteroatoms. The fourth-order valence-electron chi connectivity index (χ4n) is 6.30. The molecule has 7 nitrogen and oxygen atoms in total. The monoisotopic (exact) mass is 610 g/mol. The number of carbonyl (C=O) groups is 1. The maximum absolute atomic E-state index is 14.1. The van der Waals surface area contributed by atoms with E-state index in [1.165, 1.54) is 23.2 Å². The Morgan fingerprint density at radius 2 is 1.76 bits per heavy atom. The van der Waals surface area contributed by atoms with E-state index in [1.807, 2.05) is 37.3 Å². The summed E-state index contributed by atoms with van der Waals surface area (Å²) >= 11 is 7.02. The van der Waals surface area contributed by atoms with Crippen molar-refractivity contribution in [1.29, 1.82) is 0 Å². The van der Waals surface area contributed by atoms with Gasteiger partial charge in [0.25, 0.3) is 10.0 Å². The predicted molar refractivity (Wildman–Crippen MR) is 160 cm³/mol. The Kier molecular flexibility index (Phi) is 7.46. The fraction of sp³-hybridized carbons (Fsp3) is 0.323. The van der Waals surface area contributed by atoms with Gasteiger partial charge >= 0.3 is 0 Å². The molecule has 1 fully saturated rings. The van der Waals surface area contributed by atoms with Gasteiger partial charge in [-0.15, -0.1) is 11.6 Å². The van der Waals surface area contributed by atoms with Crippen LogP contribution >= 0.6 is 11.6 Å². The van der Waals surface area contributed by atoms with E-state index in [-0.39, 0.29) is 27.9 Å². The van der Waals surface area contributed by atoms with E-state index in [1.54, 1.807) is 35.2 Å². The second kappa shape index (κ2) is 10.9. The number of piperidine rings is 1. The Morgan fingerprint density at radius 1 is 1.05 bits per heavy atom. The van der Waals surface area contributed by atoms with Crippen molar-refractivity contribution in [3.63, 3.8) is 0 Å². The van der Waals surface area contributed by atoms with Crippen LogP contribution in [0.25, 0.3) is 10.9 Å². The number of fused-ring (bicyclic) bond motifs is 5. The fourth-order valence-corrected chi connectivity index (χ4v) is 9.28. The molecule has 1 saturated heterocycles. The Labute approximate surface area is 247 Å². The van der Waals surface area contributed by atoms with Crippen molar-refractivity contribution in [2.75, 3.05) is 19.4 Å². The van der Waals surface area contributed by atoms with Crippen molar-refractivity contribution in [1.82, 2.24) is 8.87 Å². The SMILES string of the molecule is COc1ccc(S(=O)(=O)n2c3c(c4ccccc42)[C@H]2[C@@H](CCCN2C(=O)C[S@](=O)c2ccc(C)cc2)[C@@H](Cl)C3)cc1. The van der Waals surface area contributed by atoms with Gasteiger partial charge in [0, 0.05) is 45.8 Å². The minimum absolute atomic E-state index is 0.0439. The van der Waals surface area contributed by atoms with Gasteiger partial charge in [-0.25, -0.2) is 12.4 Å². The van der Waals surface area contributed by atoms with Crippen molar-refractivity contribution in [2.45, 2.75) is 47.4 Å². The van der Waals surface area contributed by atoms with E-state index >= 15 is 0 Å². The van der Waals surface area contributed by atoms with Gasteiger partial charge in [0.05, 0.1) is 34.4 Å². The van der Waals surface area contributed by atoms with Gasteiger partial charge in [-0.2, -0.15) is 0 Å². The lowest BCUT2D eigenvalue weighted by molar-refractivity contribution is -0.134. The molecule has 1 amide bonds. The zero-order valence-electron chi connectivity index (χ0n) is 22.8. The van der Waals surface area contributed by atoms with Crippen LogP contribution in [-0.4, -0.2) is 52.2 Å². The first-order chi connectivity index (χ1) is 19.7. The van der Waals surface area contributed by atoms with Crippen molar-refractivity contribution in [3.8, 4) is 5.75 Å². The average Bonchev–Trinajstić information content (AvgIpc) is 3.32. The van der Waals surface area contributed by atoms with E-state index in [9.17, 15) is 17.4 Å². The molecule has 2 heterocycles. The van der Waals surface area contributed by atoms with Gasteiger partial charge in [0.1, 0.15) is 11.5 Å². The lowest BCUT2D eigenvalue weighted by Gasteiger charge is -2.46. The minimum Gasteiger partial charge on any atom is -0.497 e. The first-order valence-electron chi connectivity index (χ1n) is 13.6. The number of benzene rings is 3. The molecule has 3 aromatic carbocycles. The van der Waals surface area contributed by atoms with E-state index in [4.69, 9.17) is 16.3 Å². The number of rotatable bonds is 6. The van der Waals surface area contributed by atoms with Gasteiger partial charge in [0.15, 0.2) is 0 Å². The van der Waals surface area contributed by atoms with Crippen LogP contribution < -0.4 is 4.74 Å². The Hall–Kier alpha value is -3.14. The maximum Gasteiger partial charge on any atom is 0.268 e. The van der Waals surface area contributed by atoms with E-state index in [0.29, 0.717) is 34.8 Å². The quantitative estimate of drug-likeness (QED) is 0.271. The number of nitrogens with zero attached hydrogens (tertiary/aromatic N) is 2. The van der Waals surface area contributed by atoms with Gasteiger partial charge in [-0.05, 0) is 62.2 Å². The zero-order valence-corrected chi connectivity index (χ0v) is 25.2. The summed E-state index contributed by atoms with van der Waals surface area (Å²) in [7, 11) is -3.97. The molecule has 0 saturated carbocycles. The summed E-state index contributed by atoms with van der Waals surface area (Å²) in [6, 6.07) is 20.7. The van der Waals surface area contributed by atoms with Crippen LogP contribution in [0.3, 0.4) is 0 Å². The van der Waals surface area contributed by atoms with Gasteiger partial charge < -0.3 is 9.64 Å². The number of amides is 1. The molecular weight excluding hydrogens is 580 g/mol. The molecule has 0 radical (unpaired) electrons. The molecule has 41 heavy (non-hydrogen) atoms. The summed E-state index contributed by atoms with van der Waals surface area (Å²) in [6.07, 6.45) is 1.97. The number of para-hydroxylation sites is 1. The number of likely N-dealkylation sites (tertiary alicyclic amines) is 1. The van der Waals surface area contributed by atoms with Crippen LogP contribution in [0.5, 0.6) is 5.75 Å². The number of methoxy groups -OCH3 is 1. The molecule has 1 aliphatic carbocycles. The number of aryl methyl sites for hydroxylation is 1. The van der Waals surface area contributed by atoms with Gasteiger partial charge in [-0.3, -0.25) is 9.00 Å². The maximum atomic E-state index is 14.1. The standard InChI is InChI=1S/C31H31ClN2O5S2/c1-20-9-13-22(14-10-20)40(36)19-29(35)33-17-5-7-24-26(32)18-28-30(31(24)33)25-6-3-4-8-27(25)34(28)41(37,38)23-15-11-21(39-2)12-16-23/h3-4,6,8-16,24,26,31H,5,7,17-19H2,1-2H3/t24-,26-,31+,40-/m0/s1. The largest absolute Gasteiger partial charge is 0.497 e.